The summed E-state index contributed by atoms with van der Waals surface area (Å²) in [6.07, 6.45) is 1.47. The maximum absolute atomic E-state index is 12.1. The van der Waals surface area contributed by atoms with E-state index in [1.54, 1.807) is 4.90 Å². The maximum Gasteiger partial charge on any atom is 0.410 e. The number of nitrogens with zero attached hydrogens (tertiary/aromatic N) is 1. The summed E-state index contributed by atoms with van der Waals surface area (Å²) in [6, 6.07) is 5.53. The van der Waals surface area contributed by atoms with Crippen molar-refractivity contribution in [3.8, 4) is 0 Å². The Hall–Kier alpha value is -0.970. The smallest absolute Gasteiger partial charge is 0.410 e. The second-order valence-electron chi connectivity index (χ2n) is 7.58. The molecule has 1 aliphatic rings. The number of nitrogens with one attached hydrogen (secondary N) is 1. The van der Waals surface area contributed by atoms with Gasteiger partial charge in [0.1, 0.15) is 5.60 Å². The summed E-state index contributed by atoms with van der Waals surface area (Å²) in [5.74, 6) is 0. The third kappa shape index (κ3) is 5.27. The highest BCUT2D eigenvalue weighted by Gasteiger charge is 2.33. The van der Waals surface area contributed by atoms with Crippen molar-refractivity contribution in [1.82, 2.24) is 10.2 Å². The Kier molecular flexibility index (Phi) is 6.05. The number of piperidine rings is 1. The lowest BCUT2D eigenvalue weighted by Crippen LogP contribution is -2.53. The monoisotopic (exact) mass is 372 g/mol. The van der Waals surface area contributed by atoms with Crippen LogP contribution in [-0.2, 0) is 11.3 Å². The van der Waals surface area contributed by atoms with Crippen molar-refractivity contribution >= 4 is 29.3 Å². The van der Waals surface area contributed by atoms with E-state index in [0.29, 0.717) is 29.7 Å². The zero-order valence-corrected chi connectivity index (χ0v) is 16.3. The summed E-state index contributed by atoms with van der Waals surface area (Å²) in [6.45, 7) is 9.78. The van der Waals surface area contributed by atoms with Gasteiger partial charge in [0.2, 0.25) is 0 Å². The molecule has 0 bridgehead atoms. The molecule has 0 unspecified atom stereocenters. The van der Waals surface area contributed by atoms with Crippen molar-refractivity contribution < 1.29 is 9.53 Å². The first-order valence-corrected chi connectivity index (χ1v) is 9.01. The fourth-order valence-electron chi connectivity index (χ4n) is 2.69. The van der Waals surface area contributed by atoms with Gasteiger partial charge in [0.25, 0.3) is 0 Å². The Morgan fingerprint density at radius 1 is 1.25 bits per heavy atom. The molecule has 1 aromatic carbocycles. The van der Waals surface area contributed by atoms with Crippen LogP contribution in [0.5, 0.6) is 0 Å². The molecule has 1 fully saturated rings. The van der Waals surface area contributed by atoms with Crippen LogP contribution in [0.25, 0.3) is 0 Å². The number of amides is 1. The molecule has 0 aliphatic carbocycles. The van der Waals surface area contributed by atoms with Gasteiger partial charge in [-0.05, 0) is 52.7 Å². The average molecular weight is 373 g/mol. The summed E-state index contributed by atoms with van der Waals surface area (Å²) in [4.78, 5) is 13.9. The van der Waals surface area contributed by atoms with Crippen LogP contribution in [0.1, 0.15) is 46.1 Å². The fraction of sp³-hybridized carbons (Fsp3) is 0.611. The SMILES string of the molecule is CC1(NCc2c(Cl)cccc2Cl)CCN(C(=O)OC(C)(C)C)CC1. The van der Waals surface area contributed by atoms with Crippen molar-refractivity contribution in [1.29, 1.82) is 0 Å². The van der Waals surface area contributed by atoms with Crippen LogP contribution in [0.2, 0.25) is 10.0 Å². The van der Waals surface area contributed by atoms with Gasteiger partial charge in [0.15, 0.2) is 0 Å². The molecule has 1 amide bonds. The van der Waals surface area contributed by atoms with Gasteiger partial charge in [-0.1, -0.05) is 29.3 Å². The normalized spacial score (nSPS) is 17.7. The van der Waals surface area contributed by atoms with E-state index >= 15 is 0 Å². The first-order valence-electron chi connectivity index (χ1n) is 8.25. The van der Waals surface area contributed by atoms with Crippen LogP contribution in [0.3, 0.4) is 0 Å². The Morgan fingerprint density at radius 3 is 2.29 bits per heavy atom. The first kappa shape index (κ1) is 19.4. The summed E-state index contributed by atoms with van der Waals surface area (Å²) < 4.78 is 5.44. The minimum atomic E-state index is -0.461. The van der Waals surface area contributed by atoms with Gasteiger partial charge in [0.05, 0.1) is 0 Å². The highest BCUT2D eigenvalue weighted by molar-refractivity contribution is 6.35. The molecule has 2 rings (SSSR count). The number of likely N-dealkylation sites (tertiary alicyclic amines) is 1. The number of carbonyl (C=O) groups is 1. The van der Waals surface area contributed by atoms with E-state index in [0.717, 1.165) is 18.4 Å². The van der Waals surface area contributed by atoms with Crippen LogP contribution in [0.15, 0.2) is 18.2 Å². The Morgan fingerprint density at radius 2 is 1.79 bits per heavy atom. The Bertz CT molecular complexity index is 571. The second kappa shape index (κ2) is 7.51. The molecule has 0 radical (unpaired) electrons. The molecule has 0 saturated carbocycles. The van der Waals surface area contributed by atoms with Crippen molar-refractivity contribution in [2.24, 2.45) is 0 Å². The lowest BCUT2D eigenvalue weighted by Gasteiger charge is -2.40. The molecule has 1 saturated heterocycles. The summed E-state index contributed by atoms with van der Waals surface area (Å²) in [7, 11) is 0. The molecule has 0 atom stereocenters. The number of hydrogen-bond acceptors (Lipinski definition) is 3. The molecule has 4 nitrogen and oxygen atoms in total. The van der Waals surface area contributed by atoms with E-state index in [1.807, 2.05) is 39.0 Å². The highest BCUT2D eigenvalue weighted by atomic mass is 35.5. The molecule has 1 N–H and O–H groups in total. The molecule has 0 aromatic heterocycles. The van der Waals surface area contributed by atoms with Crippen molar-refractivity contribution in [2.45, 2.75) is 58.2 Å². The summed E-state index contributed by atoms with van der Waals surface area (Å²) in [5, 5.41) is 4.90. The van der Waals surface area contributed by atoms with Crippen LogP contribution in [0, 0.1) is 0 Å². The first-order chi connectivity index (χ1) is 11.1. The third-order valence-corrected chi connectivity index (χ3v) is 4.98. The standard InChI is InChI=1S/C18H26Cl2N2O2/c1-17(2,3)24-16(23)22-10-8-18(4,9-11-22)21-12-13-14(19)6-5-7-15(13)20/h5-7,21H,8-12H2,1-4H3. The van der Waals surface area contributed by atoms with E-state index < -0.39 is 5.60 Å². The minimum Gasteiger partial charge on any atom is -0.444 e. The quantitative estimate of drug-likeness (QED) is 0.822. The highest BCUT2D eigenvalue weighted by Crippen LogP contribution is 2.27. The second-order valence-corrected chi connectivity index (χ2v) is 8.40. The zero-order chi connectivity index (χ0) is 18.0. The third-order valence-electron chi connectivity index (χ3n) is 4.27. The number of ether oxygens (including phenoxy) is 1. The van der Waals surface area contributed by atoms with Crippen LogP contribution in [-0.4, -0.2) is 35.2 Å². The minimum absolute atomic E-state index is 0.0546. The number of rotatable bonds is 3. The maximum atomic E-state index is 12.1. The molecule has 6 heteroatoms. The van der Waals surface area contributed by atoms with E-state index in [9.17, 15) is 4.79 Å². The molecule has 1 aliphatic heterocycles. The van der Waals surface area contributed by atoms with E-state index in [-0.39, 0.29) is 11.6 Å². The summed E-state index contributed by atoms with van der Waals surface area (Å²) in [5.41, 5.74) is 0.398. The van der Waals surface area contributed by atoms with Gasteiger partial charge in [-0.2, -0.15) is 0 Å². The molecule has 24 heavy (non-hydrogen) atoms. The summed E-state index contributed by atoms with van der Waals surface area (Å²) >= 11 is 12.4. The lowest BCUT2D eigenvalue weighted by molar-refractivity contribution is 0.0157. The number of carbonyl (C=O) groups excluding carboxylic acids is 1. The predicted octanol–water partition coefficient (Wildman–Crippen LogP) is 4.87. The molecular weight excluding hydrogens is 347 g/mol. The Labute approximate surface area is 154 Å². The number of benzene rings is 1. The molecule has 134 valence electrons. The van der Waals surface area contributed by atoms with Crippen LogP contribution < -0.4 is 5.32 Å². The van der Waals surface area contributed by atoms with Crippen molar-refractivity contribution in [3.63, 3.8) is 0 Å². The molecule has 0 spiro atoms. The predicted molar refractivity (Wildman–Crippen MR) is 98.7 cm³/mol. The van der Waals surface area contributed by atoms with E-state index in [1.165, 1.54) is 0 Å². The van der Waals surface area contributed by atoms with Gasteiger partial charge in [-0.3, -0.25) is 0 Å². The van der Waals surface area contributed by atoms with Gasteiger partial charge < -0.3 is 15.0 Å². The molecule has 1 aromatic rings. The van der Waals surface area contributed by atoms with Gasteiger partial charge in [-0.15, -0.1) is 0 Å². The molecular formula is C18H26Cl2N2O2. The number of hydrogen-bond donors (Lipinski definition) is 1. The average Bonchev–Trinajstić information content (AvgIpc) is 2.45. The zero-order valence-electron chi connectivity index (χ0n) is 14.8. The topological polar surface area (TPSA) is 41.6 Å². The van der Waals surface area contributed by atoms with Crippen molar-refractivity contribution in [3.05, 3.63) is 33.8 Å². The van der Waals surface area contributed by atoms with Gasteiger partial charge in [-0.25, -0.2) is 4.79 Å². The van der Waals surface area contributed by atoms with E-state index in [4.69, 9.17) is 27.9 Å². The largest absolute Gasteiger partial charge is 0.444 e. The fourth-order valence-corrected chi connectivity index (χ4v) is 3.22. The number of halogens is 2. The van der Waals surface area contributed by atoms with Gasteiger partial charge >= 0.3 is 6.09 Å². The van der Waals surface area contributed by atoms with Gasteiger partial charge in [0, 0.05) is 40.8 Å². The molecule has 1 heterocycles. The van der Waals surface area contributed by atoms with Crippen LogP contribution >= 0.6 is 23.2 Å². The van der Waals surface area contributed by atoms with E-state index in [2.05, 4.69) is 12.2 Å². The van der Waals surface area contributed by atoms with Crippen LogP contribution in [0.4, 0.5) is 4.79 Å². The Balaban J connectivity index is 1.89. The van der Waals surface area contributed by atoms with Crippen molar-refractivity contribution in [2.75, 3.05) is 13.1 Å². The lowest BCUT2D eigenvalue weighted by atomic mass is 9.89.